The van der Waals surface area contributed by atoms with Gasteiger partial charge in [0.2, 0.25) is 10.0 Å². The zero-order valence-electron chi connectivity index (χ0n) is 11.4. The molecule has 1 aromatic carbocycles. The number of nitrogens with one attached hydrogen (secondary N) is 2. The van der Waals surface area contributed by atoms with Crippen LogP contribution in [0.4, 0.5) is 0 Å². The maximum Gasteiger partial charge on any atom is 0.240 e. The van der Waals surface area contributed by atoms with Gasteiger partial charge in [0.1, 0.15) is 0 Å². The molecule has 1 aromatic rings. The molecular weight excluding hydrogens is 248 g/mol. The molecule has 0 unspecified atom stereocenters. The summed E-state index contributed by atoms with van der Waals surface area (Å²) in [6, 6.07) is 5.67. The number of rotatable bonds is 6. The first kappa shape index (κ1) is 15.1. The summed E-state index contributed by atoms with van der Waals surface area (Å²) in [5.74, 6) is 0. The fourth-order valence-corrected chi connectivity index (χ4v) is 2.49. The van der Waals surface area contributed by atoms with Crippen molar-refractivity contribution in [3.05, 3.63) is 29.3 Å². The summed E-state index contributed by atoms with van der Waals surface area (Å²) >= 11 is 0. The van der Waals surface area contributed by atoms with Gasteiger partial charge in [-0.25, -0.2) is 13.1 Å². The van der Waals surface area contributed by atoms with Crippen molar-refractivity contribution in [2.75, 3.05) is 7.05 Å². The van der Waals surface area contributed by atoms with E-state index in [2.05, 4.69) is 30.8 Å². The van der Waals surface area contributed by atoms with Gasteiger partial charge in [0.25, 0.3) is 0 Å². The van der Waals surface area contributed by atoms with Crippen molar-refractivity contribution in [2.24, 2.45) is 0 Å². The number of hydrogen-bond donors (Lipinski definition) is 2. The van der Waals surface area contributed by atoms with Crippen LogP contribution in [0, 0.1) is 0 Å². The predicted molar refractivity (Wildman–Crippen MR) is 74.0 cm³/mol. The normalized spacial score (nSPS) is 12.1. The molecule has 0 atom stereocenters. The van der Waals surface area contributed by atoms with E-state index in [1.807, 2.05) is 6.07 Å². The Bertz CT molecular complexity index is 496. The molecule has 0 aliphatic carbocycles. The smallest absolute Gasteiger partial charge is 0.240 e. The maximum atomic E-state index is 11.8. The Morgan fingerprint density at radius 1 is 1.22 bits per heavy atom. The first-order valence-corrected chi connectivity index (χ1v) is 7.67. The Kier molecular flexibility index (Phi) is 5.31. The molecule has 1 rings (SSSR count). The van der Waals surface area contributed by atoms with Gasteiger partial charge < -0.3 is 5.32 Å². The van der Waals surface area contributed by atoms with Crippen LogP contribution in [-0.2, 0) is 23.0 Å². The van der Waals surface area contributed by atoms with Crippen LogP contribution >= 0.6 is 0 Å². The zero-order valence-corrected chi connectivity index (χ0v) is 12.3. The maximum absolute atomic E-state index is 11.8. The highest BCUT2D eigenvalue weighted by molar-refractivity contribution is 7.89. The van der Waals surface area contributed by atoms with E-state index in [4.69, 9.17) is 0 Å². The molecule has 0 bridgehead atoms. The summed E-state index contributed by atoms with van der Waals surface area (Å²) in [7, 11) is -1.94. The van der Waals surface area contributed by atoms with Crippen LogP contribution in [0.3, 0.4) is 0 Å². The Hall–Kier alpha value is -0.910. The van der Waals surface area contributed by atoms with Crippen molar-refractivity contribution in [2.45, 2.75) is 44.7 Å². The minimum atomic E-state index is -3.36. The molecule has 0 aliphatic heterocycles. The molecule has 0 aliphatic rings. The lowest BCUT2D eigenvalue weighted by Crippen LogP contribution is -2.23. The molecule has 0 amide bonds. The Morgan fingerprint density at radius 3 is 2.39 bits per heavy atom. The molecule has 18 heavy (non-hydrogen) atoms. The molecule has 0 saturated carbocycles. The topological polar surface area (TPSA) is 58.2 Å². The minimum absolute atomic E-state index is 0.322. The van der Waals surface area contributed by atoms with Crippen LogP contribution in [0.25, 0.3) is 0 Å². The third kappa shape index (κ3) is 3.80. The van der Waals surface area contributed by atoms with Crippen LogP contribution in [-0.4, -0.2) is 21.5 Å². The molecular formula is C13H22N2O2S. The summed E-state index contributed by atoms with van der Waals surface area (Å²) < 4.78 is 25.9. The van der Waals surface area contributed by atoms with Crippen molar-refractivity contribution in [1.82, 2.24) is 10.0 Å². The summed E-state index contributed by atoms with van der Waals surface area (Å²) in [6.45, 7) is 6.90. The average Bonchev–Trinajstić information content (AvgIpc) is 2.35. The van der Waals surface area contributed by atoms with E-state index >= 15 is 0 Å². The zero-order chi connectivity index (χ0) is 13.8. The van der Waals surface area contributed by atoms with Gasteiger partial charge in [-0.2, -0.15) is 0 Å². The third-order valence-corrected chi connectivity index (χ3v) is 4.25. The number of hydrogen-bond acceptors (Lipinski definition) is 3. The van der Waals surface area contributed by atoms with Crippen molar-refractivity contribution in [1.29, 1.82) is 0 Å². The summed E-state index contributed by atoms with van der Waals surface area (Å²) in [5, 5.41) is 3.32. The van der Waals surface area contributed by atoms with Gasteiger partial charge in [0.15, 0.2) is 0 Å². The summed E-state index contributed by atoms with van der Waals surface area (Å²) in [6.07, 6.45) is 0.898. The lowest BCUT2D eigenvalue weighted by atomic mass is 10.1. The SMILES string of the molecule is CCc1ccc(S(=O)(=O)NC)cc1CNC(C)C. The number of sulfonamides is 1. The lowest BCUT2D eigenvalue weighted by Gasteiger charge is -2.13. The van der Waals surface area contributed by atoms with Gasteiger partial charge in [-0.15, -0.1) is 0 Å². The first-order chi connectivity index (χ1) is 8.40. The van der Waals surface area contributed by atoms with Gasteiger partial charge in [-0.1, -0.05) is 26.8 Å². The van der Waals surface area contributed by atoms with Crippen molar-refractivity contribution >= 4 is 10.0 Å². The van der Waals surface area contributed by atoms with Crippen LogP contribution < -0.4 is 10.0 Å². The second kappa shape index (κ2) is 6.31. The van der Waals surface area contributed by atoms with E-state index in [1.54, 1.807) is 12.1 Å². The minimum Gasteiger partial charge on any atom is -0.310 e. The predicted octanol–water partition coefficient (Wildman–Crippen LogP) is 1.66. The quantitative estimate of drug-likeness (QED) is 0.826. The second-order valence-electron chi connectivity index (χ2n) is 4.53. The lowest BCUT2D eigenvalue weighted by molar-refractivity contribution is 0.582. The van der Waals surface area contributed by atoms with Gasteiger partial charge in [0.05, 0.1) is 4.90 Å². The molecule has 0 fully saturated rings. The van der Waals surface area contributed by atoms with Crippen LogP contribution in [0.1, 0.15) is 31.9 Å². The van der Waals surface area contributed by atoms with E-state index < -0.39 is 10.0 Å². The van der Waals surface area contributed by atoms with Gasteiger partial charge in [-0.3, -0.25) is 0 Å². The molecule has 0 spiro atoms. The highest BCUT2D eigenvalue weighted by Gasteiger charge is 2.13. The fourth-order valence-electron chi connectivity index (χ4n) is 1.71. The highest BCUT2D eigenvalue weighted by Crippen LogP contribution is 2.16. The molecule has 4 nitrogen and oxygen atoms in total. The van der Waals surface area contributed by atoms with E-state index in [-0.39, 0.29) is 0 Å². The Morgan fingerprint density at radius 2 is 1.89 bits per heavy atom. The van der Waals surface area contributed by atoms with Gasteiger partial charge >= 0.3 is 0 Å². The van der Waals surface area contributed by atoms with E-state index in [1.165, 1.54) is 12.6 Å². The van der Waals surface area contributed by atoms with Crippen LogP contribution in [0.15, 0.2) is 23.1 Å². The van der Waals surface area contributed by atoms with Crippen LogP contribution in [0.5, 0.6) is 0 Å². The highest BCUT2D eigenvalue weighted by atomic mass is 32.2. The molecule has 0 aromatic heterocycles. The molecule has 5 heteroatoms. The van der Waals surface area contributed by atoms with Crippen LogP contribution in [0.2, 0.25) is 0 Å². The third-order valence-electron chi connectivity index (χ3n) is 2.84. The molecule has 2 N–H and O–H groups in total. The average molecular weight is 270 g/mol. The van der Waals surface area contributed by atoms with Gasteiger partial charge in [-0.05, 0) is 36.7 Å². The Balaban J connectivity index is 3.09. The largest absolute Gasteiger partial charge is 0.310 e. The van der Waals surface area contributed by atoms with E-state index in [0.29, 0.717) is 17.5 Å². The van der Waals surface area contributed by atoms with E-state index in [0.717, 1.165) is 12.0 Å². The monoisotopic (exact) mass is 270 g/mol. The fraction of sp³-hybridized carbons (Fsp3) is 0.538. The van der Waals surface area contributed by atoms with Crippen molar-refractivity contribution in [3.63, 3.8) is 0 Å². The van der Waals surface area contributed by atoms with Crippen molar-refractivity contribution < 1.29 is 8.42 Å². The Labute approximate surface area is 110 Å². The van der Waals surface area contributed by atoms with Crippen molar-refractivity contribution in [3.8, 4) is 0 Å². The molecule has 0 saturated heterocycles. The van der Waals surface area contributed by atoms with E-state index in [9.17, 15) is 8.42 Å². The summed E-state index contributed by atoms with van der Waals surface area (Å²) in [4.78, 5) is 0.322. The number of benzene rings is 1. The summed E-state index contributed by atoms with van der Waals surface area (Å²) in [5.41, 5.74) is 2.22. The molecule has 0 heterocycles. The first-order valence-electron chi connectivity index (χ1n) is 6.19. The molecule has 0 radical (unpaired) electrons. The standard InChI is InChI=1S/C13H22N2O2S/c1-5-11-6-7-13(18(16,17)14-4)8-12(11)9-15-10(2)3/h6-8,10,14-15H,5,9H2,1-4H3. The molecule has 102 valence electrons. The van der Waals surface area contributed by atoms with Gasteiger partial charge in [0, 0.05) is 12.6 Å². The number of aryl methyl sites for hydroxylation is 1. The second-order valence-corrected chi connectivity index (χ2v) is 6.41.